The third kappa shape index (κ3) is 5.38. The van der Waals surface area contributed by atoms with Crippen molar-refractivity contribution < 1.29 is 14.0 Å². The monoisotopic (exact) mass is 427 g/mol. The summed E-state index contributed by atoms with van der Waals surface area (Å²) >= 11 is 0. The van der Waals surface area contributed by atoms with Gasteiger partial charge in [-0.05, 0) is 49.1 Å². The predicted octanol–water partition coefficient (Wildman–Crippen LogP) is 2.98. The first-order chi connectivity index (χ1) is 14.7. The van der Waals surface area contributed by atoms with E-state index in [2.05, 4.69) is 36.0 Å². The molecule has 0 bridgehead atoms. The Morgan fingerprint density at radius 2 is 1.94 bits per heavy atom. The van der Waals surface area contributed by atoms with Gasteiger partial charge in [0.15, 0.2) is 0 Å². The average Bonchev–Trinajstić information content (AvgIpc) is 2.71. The van der Waals surface area contributed by atoms with Gasteiger partial charge in [-0.25, -0.2) is 9.37 Å². The summed E-state index contributed by atoms with van der Waals surface area (Å²) in [7, 11) is 0. The molecule has 1 aliphatic rings. The van der Waals surface area contributed by atoms with Crippen LogP contribution in [0, 0.1) is 18.7 Å². The summed E-state index contributed by atoms with van der Waals surface area (Å²) in [5.41, 5.74) is 7.65. The fourth-order valence-corrected chi connectivity index (χ4v) is 3.91. The molecule has 3 rings (SSSR count). The molecular formula is C23H30FN5O2. The van der Waals surface area contributed by atoms with Crippen LogP contribution in [0.4, 0.5) is 15.9 Å². The second-order valence-electron chi connectivity index (χ2n) is 8.60. The maximum absolute atomic E-state index is 13.5. The first kappa shape index (κ1) is 22.7. The van der Waals surface area contributed by atoms with E-state index in [1.807, 2.05) is 0 Å². The average molecular weight is 428 g/mol. The summed E-state index contributed by atoms with van der Waals surface area (Å²) < 4.78 is 13.5. The molecule has 2 heterocycles. The number of aromatic nitrogens is 1. The largest absolute Gasteiger partial charge is 0.383 e. The summed E-state index contributed by atoms with van der Waals surface area (Å²) in [4.78, 5) is 33.8. The van der Waals surface area contributed by atoms with Crippen LogP contribution in [0.1, 0.15) is 37.9 Å². The molecule has 0 aliphatic carbocycles. The molecule has 8 heteroatoms. The molecule has 1 fully saturated rings. The highest BCUT2D eigenvalue weighted by Gasteiger charge is 2.37. The lowest BCUT2D eigenvalue weighted by molar-refractivity contribution is -0.148. The zero-order valence-electron chi connectivity index (χ0n) is 18.4. The third-order valence-corrected chi connectivity index (χ3v) is 5.55. The number of hydrogen-bond donors (Lipinski definition) is 2. The summed E-state index contributed by atoms with van der Waals surface area (Å²) in [6.07, 6.45) is 1.42. The predicted molar refractivity (Wildman–Crippen MR) is 119 cm³/mol. The van der Waals surface area contributed by atoms with Crippen LogP contribution in [0.25, 0.3) is 0 Å². The number of nitrogens with zero attached hydrogens (tertiary/aromatic N) is 3. The van der Waals surface area contributed by atoms with E-state index in [9.17, 15) is 14.0 Å². The SMILES string of the molecule is Cc1cc(NC(=O)C(=O)N2CC(C)N(CC(C)C)CC2c2ccc(F)cc2)cnc1N. The number of aryl methyl sites for hydroxylation is 1. The molecule has 1 aromatic heterocycles. The van der Waals surface area contributed by atoms with E-state index in [0.29, 0.717) is 36.1 Å². The van der Waals surface area contributed by atoms with Gasteiger partial charge in [0.05, 0.1) is 17.9 Å². The number of nitrogen functional groups attached to an aromatic ring is 1. The Labute approximate surface area is 182 Å². The Bertz CT molecular complexity index is 947. The Morgan fingerprint density at radius 3 is 2.55 bits per heavy atom. The highest BCUT2D eigenvalue weighted by atomic mass is 19.1. The molecule has 2 unspecified atom stereocenters. The van der Waals surface area contributed by atoms with Crippen molar-refractivity contribution in [1.82, 2.24) is 14.8 Å². The van der Waals surface area contributed by atoms with Gasteiger partial charge in [-0.15, -0.1) is 0 Å². The van der Waals surface area contributed by atoms with Crippen molar-refractivity contribution in [1.29, 1.82) is 0 Å². The van der Waals surface area contributed by atoms with Crippen molar-refractivity contribution in [2.24, 2.45) is 5.92 Å². The summed E-state index contributed by atoms with van der Waals surface area (Å²) in [6, 6.07) is 7.53. The standard InChI is InChI=1S/C23H30FN5O2/c1-14(2)11-28-13-20(17-5-7-18(24)8-6-17)29(12-16(28)4)23(31)22(30)27-19-9-15(3)21(25)26-10-19/h5-10,14,16,20H,11-13H2,1-4H3,(H2,25,26)(H,27,30). The molecular weight excluding hydrogens is 397 g/mol. The van der Waals surface area contributed by atoms with Crippen molar-refractivity contribution in [3.8, 4) is 0 Å². The van der Waals surface area contributed by atoms with Crippen molar-refractivity contribution >= 4 is 23.3 Å². The highest BCUT2D eigenvalue weighted by molar-refractivity contribution is 6.39. The number of carbonyl (C=O) groups is 2. The molecule has 1 saturated heterocycles. The quantitative estimate of drug-likeness (QED) is 0.732. The van der Waals surface area contributed by atoms with E-state index in [4.69, 9.17) is 5.73 Å². The maximum atomic E-state index is 13.5. The summed E-state index contributed by atoms with van der Waals surface area (Å²) in [5, 5.41) is 2.62. The van der Waals surface area contributed by atoms with E-state index in [-0.39, 0.29) is 17.9 Å². The maximum Gasteiger partial charge on any atom is 0.313 e. The van der Waals surface area contributed by atoms with Gasteiger partial charge in [0.25, 0.3) is 0 Å². The van der Waals surface area contributed by atoms with E-state index < -0.39 is 11.8 Å². The van der Waals surface area contributed by atoms with Crippen molar-refractivity contribution in [3.05, 3.63) is 53.5 Å². The highest BCUT2D eigenvalue weighted by Crippen LogP contribution is 2.29. The summed E-state index contributed by atoms with van der Waals surface area (Å²) in [6.45, 7) is 9.98. The van der Waals surface area contributed by atoms with Gasteiger partial charge >= 0.3 is 11.8 Å². The molecule has 166 valence electrons. The topological polar surface area (TPSA) is 91.6 Å². The van der Waals surface area contributed by atoms with Gasteiger partial charge in [0.1, 0.15) is 11.6 Å². The molecule has 2 amide bonds. The molecule has 31 heavy (non-hydrogen) atoms. The molecule has 7 nitrogen and oxygen atoms in total. The van der Waals surface area contributed by atoms with Crippen LogP contribution >= 0.6 is 0 Å². The number of nitrogens with two attached hydrogens (primary N) is 1. The molecule has 3 N–H and O–H groups in total. The van der Waals surface area contributed by atoms with Crippen LogP contribution in [0.15, 0.2) is 36.5 Å². The normalized spacial score (nSPS) is 19.5. The van der Waals surface area contributed by atoms with Crippen molar-refractivity contribution in [2.45, 2.75) is 39.8 Å². The first-order valence-electron chi connectivity index (χ1n) is 10.5. The van der Waals surface area contributed by atoms with Crippen LogP contribution in [0.2, 0.25) is 0 Å². The second kappa shape index (κ2) is 9.43. The first-order valence-corrected chi connectivity index (χ1v) is 10.5. The second-order valence-corrected chi connectivity index (χ2v) is 8.60. The minimum Gasteiger partial charge on any atom is -0.383 e. The number of carbonyl (C=O) groups excluding carboxylic acids is 2. The molecule has 2 aromatic rings. The van der Waals surface area contributed by atoms with Gasteiger partial charge < -0.3 is 16.0 Å². The summed E-state index contributed by atoms with van der Waals surface area (Å²) in [5.74, 6) is -0.866. The number of piperazine rings is 1. The Kier molecular flexibility index (Phi) is 6.90. The number of anilines is 2. The number of nitrogens with one attached hydrogen (secondary N) is 1. The van der Waals surface area contributed by atoms with Crippen LogP contribution in [0.3, 0.4) is 0 Å². The van der Waals surface area contributed by atoms with Gasteiger partial charge in [0.2, 0.25) is 0 Å². The van der Waals surface area contributed by atoms with Gasteiger partial charge in [-0.3, -0.25) is 14.5 Å². The van der Waals surface area contributed by atoms with E-state index >= 15 is 0 Å². The molecule has 0 spiro atoms. The lowest BCUT2D eigenvalue weighted by Gasteiger charge is -2.45. The third-order valence-electron chi connectivity index (χ3n) is 5.55. The van der Waals surface area contributed by atoms with Gasteiger partial charge in [-0.2, -0.15) is 0 Å². The number of hydrogen-bond acceptors (Lipinski definition) is 5. The van der Waals surface area contributed by atoms with Gasteiger partial charge in [0, 0.05) is 25.7 Å². The van der Waals surface area contributed by atoms with E-state index in [1.54, 1.807) is 30.0 Å². The lowest BCUT2D eigenvalue weighted by atomic mass is 9.98. The van der Waals surface area contributed by atoms with Crippen LogP contribution in [-0.4, -0.2) is 52.3 Å². The minimum absolute atomic E-state index is 0.0938. The molecule has 2 atom stereocenters. The van der Waals surface area contributed by atoms with Crippen molar-refractivity contribution in [2.75, 3.05) is 30.7 Å². The number of rotatable bonds is 4. The number of amides is 2. The zero-order chi connectivity index (χ0) is 22.7. The molecule has 0 saturated carbocycles. The number of halogens is 1. The van der Waals surface area contributed by atoms with Crippen LogP contribution < -0.4 is 11.1 Å². The molecule has 0 radical (unpaired) electrons. The van der Waals surface area contributed by atoms with Crippen molar-refractivity contribution in [3.63, 3.8) is 0 Å². The Morgan fingerprint density at radius 1 is 1.26 bits per heavy atom. The Hall–Kier alpha value is -3.00. The lowest BCUT2D eigenvalue weighted by Crippen LogP contribution is -2.57. The molecule has 1 aliphatic heterocycles. The Balaban J connectivity index is 1.84. The molecule has 1 aromatic carbocycles. The fraction of sp³-hybridized carbons (Fsp3) is 0.435. The number of benzene rings is 1. The smallest absolute Gasteiger partial charge is 0.313 e. The van der Waals surface area contributed by atoms with E-state index in [0.717, 1.165) is 12.1 Å². The van der Waals surface area contributed by atoms with E-state index in [1.165, 1.54) is 18.3 Å². The number of pyridine rings is 1. The van der Waals surface area contributed by atoms with Crippen LogP contribution in [0.5, 0.6) is 0 Å². The fourth-order valence-electron chi connectivity index (χ4n) is 3.91. The van der Waals surface area contributed by atoms with Gasteiger partial charge in [-0.1, -0.05) is 26.0 Å². The van der Waals surface area contributed by atoms with Crippen LogP contribution in [-0.2, 0) is 9.59 Å². The minimum atomic E-state index is -0.734. The zero-order valence-corrected chi connectivity index (χ0v) is 18.4.